The van der Waals surface area contributed by atoms with Crippen LogP contribution in [0.4, 0.5) is 0 Å². The fourth-order valence-electron chi connectivity index (χ4n) is 0.733. The second-order valence-electron chi connectivity index (χ2n) is 4.32. The van der Waals surface area contributed by atoms with Gasteiger partial charge in [0.1, 0.15) is 0 Å². The molecule has 1 atom stereocenters. The number of carbonyl (C=O) groups is 1. The van der Waals surface area contributed by atoms with Crippen LogP contribution in [-0.4, -0.2) is 18.3 Å². The molecule has 1 amide bonds. The molecule has 0 bridgehead atoms. The molecule has 2 nitrogen and oxygen atoms in total. The van der Waals surface area contributed by atoms with Crippen LogP contribution < -0.4 is 5.32 Å². The Bertz CT molecular complexity index is 168. The van der Waals surface area contributed by atoms with Crippen LogP contribution in [-0.2, 0) is 4.79 Å². The Kier molecular flexibility index (Phi) is 5.38. The number of nitrogens with one attached hydrogen (secondary N) is 1. The van der Waals surface area contributed by atoms with Gasteiger partial charge in [0.25, 0.3) is 0 Å². The van der Waals surface area contributed by atoms with Crippen LogP contribution in [0, 0.1) is 11.3 Å². The molecule has 78 valence electrons. The van der Waals surface area contributed by atoms with Gasteiger partial charge < -0.3 is 5.32 Å². The molecule has 1 N–H and O–H groups in total. The summed E-state index contributed by atoms with van der Waals surface area (Å²) < 4.78 is 0. The van der Waals surface area contributed by atoms with E-state index in [0.717, 1.165) is 6.42 Å². The first-order chi connectivity index (χ1) is 5.93. The summed E-state index contributed by atoms with van der Waals surface area (Å²) in [7, 11) is 0. The minimum Gasteiger partial charge on any atom is -0.355 e. The van der Waals surface area contributed by atoms with E-state index in [2.05, 4.69) is 5.32 Å². The van der Waals surface area contributed by atoms with Crippen LogP contribution in [0.1, 0.15) is 34.1 Å². The molecular weight excluding hydrogens is 186 g/mol. The standard InChI is InChI=1S/C10H20ClNO/c1-5-8(2)9(13)12-7-10(3,4)6-11/h8H,5-7H2,1-4H3,(H,12,13). The number of rotatable bonds is 5. The van der Waals surface area contributed by atoms with Gasteiger partial charge in [0.05, 0.1) is 0 Å². The quantitative estimate of drug-likeness (QED) is 0.687. The van der Waals surface area contributed by atoms with Crippen LogP contribution >= 0.6 is 11.6 Å². The molecule has 0 saturated heterocycles. The first-order valence-corrected chi connectivity index (χ1v) is 5.30. The Balaban J connectivity index is 3.83. The van der Waals surface area contributed by atoms with E-state index in [1.165, 1.54) is 0 Å². The monoisotopic (exact) mass is 205 g/mol. The summed E-state index contributed by atoms with van der Waals surface area (Å²) in [5.41, 5.74) is -0.00925. The Hall–Kier alpha value is -0.240. The van der Waals surface area contributed by atoms with Crippen molar-refractivity contribution < 1.29 is 4.79 Å². The predicted molar refractivity (Wildman–Crippen MR) is 57.0 cm³/mol. The first-order valence-electron chi connectivity index (χ1n) is 4.76. The van der Waals surface area contributed by atoms with Crippen molar-refractivity contribution in [3.05, 3.63) is 0 Å². The van der Waals surface area contributed by atoms with E-state index in [1.807, 2.05) is 27.7 Å². The first kappa shape index (κ1) is 12.8. The SMILES string of the molecule is CCC(C)C(=O)NCC(C)(C)CCl. The molecule has 0 rings (SSSR count). The van der Waals surface area contributed by atoms with Crippen molar-refractivity contribution in [1.29, 1.82) is 0 Å². The van der Waals surface area contributed by atoms with E-state index in [0.29, 0.717) is 12.4 Å². The van der Waals surface area contributed by atoms with Crippen molar-refractivity contribution in [3.63, 3.8) is 0 Å². The molecule has 0 heterocycles. The number of alkyl halides is 1. The van der Waals surface area contributed by atoms with E-state index in [1.54, 1.807) is 0 Å². The molecule has 0 aliphatic rings. The van der Waals surface area contributed by atoms with Gasteiger partial charge in [0.2, 0.25) is 5.91 Å². The Morgan fingerprint density at radius 1 is 1.54 bits per heavy atom. The van der Waals surface area contributed by atoms with Gasteiger partial charge in [0, 0.05) is 18.3 Å². The lowest BCUT2D eigenvalue weighted by molar-refractivity contribution is -0.124. The maximum absolute atomic E-state index is 11.4. The highest BCUT2D eigenvalue weighted by Gasteiger charge is 2.18. The van der Waals surface area contributed by atoms with E-state index in [-0.39, 0.29) is 17.2 Å². The van der Waals surface area contributed by atoms with Gasteiger partial charge >= 0.3 is 0 Å². The average Bonchev–Trinajstić information content (AvgIpc) is 2.13. The molecule has 0 aromatic carbocycles. The van der Waals surface area contributed by atoms with Gasteiger partial charge in [-0.2, -0.15) is 0 Å². The number of hydrogen-bond donors (Lipinski definition) is 1. The summed E-state index contributed by atoms with van der Waals surface area (Å²) in [4.78, 5) is 11.4. The highest BCUT2D eigenvalue weighted by atomic mass is 35.5. The lowest BCUT2D eigenvalue weighted by Gasteiger charge is -2.22. The molecule has 0 aliphatic carbocycles. The third kappa shape index (κ3) is 5.14. The van der Waals surface area contributed by atoms with Crippen molar-refractivity contribution in [2.75, 3.05) is 12.4 Å². The Labute approximate surface area is 86.0 Å². The van der Waals surface area contributed by atoms with Gasteiger partial charge in [0.15, 0.2) is 0 Å². The molecule has 0 aromatic heterocycles. The molecule has 1 unspecified atom stereocenters. The average molecular weight is 206 g/mol. The highest BCUT2D eigenvalue weighted by molar-refractivity contribution is 6.18. The van der Waals surface area contributed by atoms with Crippen molar-refractivity contribution in [2.24, 2.45) is 11.3 Å². The Morgan fingerprint density at radius 2 is 2.08 bits per heavy atom. The fourth-order valence-corrected chi connectivity index (χ4v) is 0.828. The molecule has 0 radical (unpaired) electrons. The zero-order chi connectivity index (χ0) is 10.5. The molecule has 0 fully saturated rings. The van der Waals surface area contributed by atoms with E-state index in [9.17, 15) is 4.79 Å². The zero-order valence-corrected chi connectivity index (χ0v) is 9.74. The minimum absolute atomic E-state index is 0.00925. The smallest absolute Gasteiger partial charge is 0.222 e. The molecule has 0 saturated carbocycles. The third-order valence-electron chi connectivity index (χ3n) is 2.16. The summed E-state index contributed by atoms with van der Waals surface area (Å²) >= 11 is 5.74. The van der Waals surface area contributed by atoms with Crippen LogP contribution in [0.2, 0.25) is 0 Å². The molecule has 0 spiro atoms. The van der Waals surface area contributed by atoms with Gasteiger partial charge in [-0.25, -0.2) is 0 Å². The van der Waals surface area contributed by atoms with Gasteiger partial charge in [-0.15, -0.1) is 11.6 Å². The number of amides is 1. The summed E-state index contributed by atoms with van der Waals surface area (Å²) in [6, 6.07) is 0. The lowest BCUT2D eigenvalue weighted by atomic mass is 9.96. The Morgan fingerprint density at radius 3 is 2.46 bits per heavy atom. The summed E-state index contributed by atoms with van der Waals surface area (Å²) in [5, 5.41) is 2.90. The topological polar surface area (TPSA) is 29.1 Å². The summed E-state index contributed by atoms with van der Waals surface area (Å²) in [5.74, 6) is 0.792. The molecule has 0 aliphatic heterocycles. The van der Waals surface area contributed by atoms with Crippen molar-refractivity contribution >= 4 is 17.5 Å². The summed E-state index contributed by atoms with van der Waals surface area (Å²) in [6.07, 6.45) is 0.882. The van der Waals surface area contributed by atoms with Crippen LogP contribution in [0.5, 0.6) is 0 Å². The largest absolute Gasteiger partial charge is 0.355 e. The van der Waals surface area contributed by atoms with Crippen LogP contribution in [0.25, 0.3) is 0 Å². The van der Waals surface area contributed by atoms with E-state index < -0.39 is 0 Å². The van der Waals surface area contributed by atoms with E-state index >= 15 is 0 Å². The van der Waals surface area contributed by atoms with E-state index in [4.69, 9.17) is 11.6 Å². The molecular formula is C10H20ClNO. The third-order valence-corrected chi connectivity index (χ3v) is 2.89. The summed E-state index contributed by atoms with van der Waals surface area (Å²) in [6.45, 7) is 8.67. The second-order valence-corrected chi connectivity index (χ2v) is 4.59. The molecule has 3 heteroatoms. The highest BCUT2D eigenvalue weighted by Crippen LogP contribution is 2.15. The minimum atomic E-state index is -0.00925. The number of halogens is 1. The van der Waals surface area contributed by atoms with Crippen LogP contribution in [0.3, 0.4) is 0 Å². The number of hydrogen-bond acceptors (Lipinski definition) is 1. The van der Waals surface area contributed by atoms with Crippen molar-refractivity contribution in [3.8, 4) is 0 Å². The molecule has 13 heavy (non-hydrogen) atoms. The van der Waals surface area contributed by atoms with Crippen molar-refractivity contribution in [2.45, 2.75) is 34.1 Å². The van der Waals surface area contributed by atoms with Gasteiger partial charge in [-0.3, -0.25) is 4.79 Å². The number of carbonyl (C=O) groups excluding carboxylic acids is 1. The molecule has 0 aromatic rings. The van der Waals surface area contributed by atoms with Crippen LogP contribution in [0.15, 0.2) is 0 Å². The van der Waals surface area contributed by atoms with Gasteiger partial charge in [-0.05, 0) is 11.8 Å². The normalized spacial score (nSPS) is 13.9. The predicted octanol–water partition coefficient (Wildman–Crippen LogP) is 2.41. The van der Waals surface area contributed by atoms with Gasteiger partial charge in [-0.1, -0.05) is 27.7 Å². The zero-order valence-electron chi connectivity index (χ0n) is 8.98. The van der Waals surface area contributed by atoms with Crippen molar-refractivity contribution in [1.82, 2.24) is 5.32 Å². The maximum Gasteiger partial charge on any atom is 0.222 e. The maximum atomic E-state index is 11.4. The fraction of sp³-hybridized carbons (Fsp3) is 0.900. The lowest BCUT2D eigenvalue weighted by Crippen LogP contribution is -2.37. The second kappa shape index (κ2) is 5.48.